The number of rotatable bonds is 4. The first-order valence-corrected chi connectivity index (χ1v) is 5.75. The number of nitrogens with zero attached hydrogens (tertiary/aromatic N) is 2. The van der Waals surface area contributed by atoms with E-state index in [1.54, 1.807) is 0 Å². The normalized spacial score (nSPS) is 12.8. The fraction of sp³-hybridized carbons (Fsp3) is 0.385. The van der Waals surface area contributed by atoms with Crippen LogP contribution in [0.25, 0.3) is 11.0 Å². The molecular formula is C13H16N2O2. The summed E-state index contributed by atoms with van der Waals surface area (Å²) in [6.45, 7) is 3.99. The van der Waals surface area contributed by atoms with Crippen LogP contribution in [0.4, 0.5) is 0 Å². The molecule has 0 saturated heterocycles. The quantitative estimate of drug-likeness (QED) is 0.881. The lowest BCUT2D eigenvalue weighted by molar-refractivity contribution is -0.137. The summed E-state index contributed by atoms with van der Waals surface area (Å²) in [5, 5.41) is 8.72. The smallest absolute Gasteiger partial charge is 0.303 e. The van der Waals surface area contributed by atoms with Crippen molar-refractivity contribution in [3.05, 3.63) is 30.1 Å². The molecular weight excluding hydrogens is 216 g/mol. The third-order valence-corrected chi connectivity index (χ3v) is 2.99. The topological polar surface area (TPSA) is 55.1 Å². The summed E-state index contributed by atoms with van der Waals surface area (Å²) in [6, 6.07) is 8.08. The van der Waals surface area contributed by atoms with Crippen LogP contribution in [0, 0.1) is 6.92 Å². The van der Waals surface area contributed by atoms with Gasteiger partial charge in [0, 0.05) is 12.5 Å². The van der Waals surface area contributed by atoms with E-state index in [9.17, 15) is 4.79 Å². The Hall–Kier alpha value is -1.84. The largest absolute Gasteiger partial charge is 0.481 e. The van der Waals surface area contributed by atoms with Crippen molar-refractivity contribution in [1.82, 2.24) is 9.55 Å². The Kier molecular flexibility index (Phi) is 3.13. The molecule has 90 valence electrons. The van der Waals surface area contributed by atoms with Gasteiger partial charge >= 0.3 is 5.97 Å². The number of aryl methyl sites for hydroxylation is 1. The van der Waals surface area contributed by atoms with Gasteiger partial charge in [-0.15, -0.1) is 0 Å². The molecule has 0 saturated carbocycles. The Morgan fingerprint density at radius 2 is 2.18 bits per heavy atom. The number of carboxylic acid groups (broad SMARTS) is 1. The minimum Gasteiger partial charge on any atom is -0.481 e. The van der Waals surface area contributed by atoms with Crippen LogP contribution in [-0.2, 0) is 4.79 Å². The van der Waals surface area contributed by atoms with Crippen molar-refractivity contribution in [3.63, 3.8) is 0 Å². The van der Waals surface area contributed by atoms with Crippen LogP contribution in [0.5, 0.6) is 0 Å². The van der Waals surface area contributed by atoms with Crippen molar-refractivity contribution in [3.8, 4) is 0 Å². The molecule has 1 unspecified atom stereocenters. The van der Waals surface area contributed by atoms with E-state index < -0.39 is 5.97 Å². The molecule has 4 heteroatoms. The summed E-state index contributed by atoms with van der Waals surface area (Å²) in [5.74, 6) is 0.183. The number of fused-ring (bicyclic) bond motifs is 1. The average Bonchev–Trinajstić information content (AvgIpc) is 2.61. The summed E-state index contributed by atoms with van der Waals surface area (Å²) in [4.78, 5) is 15.1. The zero-order valence-corrected chi connectivity index (χ0v) is 10.1. The Labute approximate surface area is 99.9 Å². The lowest BCUT2D eigenvalue weighted by atomic mass is 10.1. The maximum Gasteiger partial charge on any atom is 0.303 e. The minimum atomic E-state index is -0.751. The Bertz CT molecular complexity index is 545. The molecule has 0 radical (unpaired) electrons. The Morgan fingerprint density at radius 3 is 2.88 bits per heavy atom. The zero-order chi connectivity index (χ0) is 12.4. The van der Waals surface area contributed by atoms with E-state index in [4.69, 9.17) is 5.11 Å². The van der Waals surface area contributed by atoms with Gasteiger partial charge in [0.1, 0.15) is 5.82 Å². The summed E-state index contributed by atoms with van der Waals surface area (Å²) < 4.78 is 2.11. The standard InChI is InChI=1S/C13H16N2O2/c1-9(7-8-13(16)17)15-10(2)14-11-5-3-4-6-12(11)15/h3-6,9H,7-8H2,1-2H3,(H,16,17). The van der Waals surface area contributed by atoms with Gasteiger partial charge in [0.05, 0.1) is 11.0 Å². The van der Waals surface area contributed by atoms with Crippen LogP contribution in [0.15, 0.2) is 24.3 Å². The van der Waals surface area contributed by atoms with E-state index in [2.05, 4.69) is 9.55 Å². The predicted octanol–water partition coefficient (Wildman–Crippen LogP) is 2.77. The monoisotopic (exact) mass is 232 g/mol. The van der Waals surface area contributed by atoms with Crippen molar-refractivity contribution in [1.29, 1.82) is 0 Å². The molecule has 0 spiro atoms. The van der Waals surface area contributed by atoms with Crippen molar-refractivity contribution < 1.29 is 9.90 Å². The predicted molar refractivity (Wildman–Crippen MR) is 66.1 cm³/mol. The molecule has 17 heavy (non-hydrogen) atoms. The molecule has 1 atom stereocenters. The number of imidazole rings is 1. The van der Waals surface area contributed by atoms with E-state index in [0.717, 1.165) is 16.9 Å². The van der Waals surface area contributed by atoms with Crippen LogP contribution < -0.4 is 0 Å². The molecule has 0 aliphatic carbocycles. The van der Waals surface area contributed by atoms with Crippen LogP contribution in [0.1, 0.15) is 31.6 Å². The number of aliphatic carboxylic acids is 1. The highest BCUT2D eigenvalue weighted by molar-refractivity contribution is 5.76. The first-order valence-electron chi connectivity index (χ1n) is 5.75. The molecule has 0 aliphatic rings. The van der Waals surface area contributed by atoms with Gasteiger partial charge in [0.15, 0.2) is 0 Å². The van der Waals surface area contributed by atoms with Crippen molar-refractivity contribution >= 4 is 17.0 Å². The second-order valence-electron chi connectivity index (χ2n) is 4.30. The van der Waals surface area contributed by atoms with Gasteiger partial charge in [-0.05, 0) is 32.4 Å². The molecule has 1 heterocycles. The van der Waals surface area contributed by atoms with Crippen LogP contribution >= 0.6 is 0 Å². The van der Waals surface area contributed by atoms with Crippen molar-refractivity contribution in [2.75, 3.05) is 0 Å². The van der Waals surface area contributed by atoms with Gasteiger partial charge < -0.3 is 9.67 Å². The first kappa shape index (κ1) is 11.6. The summed E-state index contributed by atoms with van der Waals surface area (Å²) in [6.07, 6.45) is 0.809. The van der Waals surface area contributed by atoms with E-state index >= 15 is 0 Å². The fourth-order valence-electron chi connectivity index (χ4n) is 2.18. The third kappa shape index (κ3) is 2.30. The molecule has 1 aromatic carbocycles. The number of carboxylic acids is 1. The zero-order valence-electron chi connectivity index (χ0n) is 10.1. The third-order valence-electron chi connectivity index (χ3n) is 2.99. The van der Waals surface area contributed by atoms with Gasteiger partial charge in [-0.3, -0.25) is 4.79 Å². The van der Waals surface area contributed by atoms with E-state index in [-0.39, 0.29) is 12.5 Å². The summed E-state index contributed by atoms with van der Waals surface area (Å²) in [5.41, 5.74) is 2.04. The SMILES string of the molecule is Cc1nc2ccccc2n1C(C)CCC(=O)O. The number of benzene rings is 1. The summed E-state index contributed by atoms with van der Waals surface area (Å²) >= 11 is 0. The molecule has 0 fully saturated rings. The second kappa shape index (κ2) is 4.57. The molecule has 2 rings (SSSR count). The lowest BCUT2D eigenvalue weighted by Gasteiger charge is -2.15. The van der Waals surface area contributed by atoms with Crippen LogP contribution in [-0.4, -0.2) is 20.6 Å². The molecule has 1 aromatic heterocycles. The number of carbonyl (C=O) groups is 1. The molecule has 1 N–H and O–H groups in total. The lowest BCUT2D eigenvalue weighted by Crippen LogP contribution is -2.09. The van der Waals surface area contributed by atoms with Crippen LogP contribution in [0.3, 0.4) is 0 Å². The molecule has 2 aromatic rings. The van der Waals surface area contributed by atoms with Gasteiger partial charge in [-0.2, -0.15) is 0 Å². The van der Waals surface area contributed by atoms with Crippen LogP contribution in [0.2, 0.25) is 0 Å². The second-order valence-corrected chi connectivity index (χ2v) is 4.30. The van der Waals surface area contributed by atoms with E-state index in [1.165, 1.54) is 0 Å². The molecule has 0 aliphatic heterocycles. The van der Waals surface area contributed by atoms with Gasteiger partial charge in [-0.1, -0.05) is 12.1 Å². The van der Waals surface area contributed by atoms with E-state index in [0.29, 0.717) is 6.42 Å². The van der Waals surface area contributed by atoms with Gasteiger partial charge in [0.2, 0.25) is 0 Å². The Balaban J connectivity index is 2.33. The average molecular weight is 232 g/mol. The highest BCUT2D eigenvalue weighted by atomic mass is 16.4. The van der Waals surface area contributed by atoms with Crippen molar-refractivity contribution in [2.24, 2.45) is 0 Å². The van der Waals surface area contributed by atoms with Crippen molar-refractivity contribution in [2.45, 2.75) is 32.7 Å². The van der Waals surface area contributed by atoms with E-state index in [1.807, 2.05) is 38.1 Å². The van der Waals surface area contributed by atoms with Gasteiger partial charge in [-0.25, -0.2) is 4.98 Å². The molecule has 4 nitrogen and oxygen atoms in total. The van der Waals surface area contributed by atoms with Gasteiger partial charge in [0.25, 0.3) is 0 Å². The molecule has 0 amide bonds. The first-order chi connectivity index (χ1) is 8.09. The number of para-hydroxylation sites is 2. The maximum absolute atomic E-state index is 10.6. The number of hydrogen-bond acceptors (Lipinski definition) is 2. The maximum atomic E-state index is 10.6. The fourth-order valence-corrected chi connectivity index (χ4v) is 2.18. The summed E-state index contributed by atoms with van der Waals surface area (Å²) in [7, 11) is 0. The Morgan fingerprint density at radius 1 is 1.47 bits per heavy atom. The minimum absolute atomic E-state index is 0.151. The highest BCUT2D eigenvalue weighted by Crippen LogP contribution is 2.23. The molecule has 0 bridgehead atoms. The highest BCUT2D eigenvalue weighted by Gasteiger charge is 2.13. The number of hydrogen-bond donors (Lipinski definition) is 1. The number of aromatic nitrogens is 2.